The van der Waals surface area contributed by atoms with E-state index in [9.17, 15) is 18.5 Å². The minimum absolute atomic E-state index is 0.136. The lowest BCUT2D eigenvalue weighted by molar-refractivity contribution is -0.385. The highest BCUT2D eigenvalue weighted by Crippen LogP contribution is 2.29. The molecule has 0 spiro atoms. The SMILES string of the molecule is CCOc1ccccc1/C=N\Nc1ccc([N+](=O)[O-])cc1S(=O)(=O)N1CCOCC1. The van der Waals surface area contributed by atoms with Crippen molar-refractivity contribution < 1.29 is 22.8 Å². The number of rotatable bonds is 8. The molecule has 0 saturated carbocycles. The molecule has 0 aromatic heterocycles. The van der Waals surface area contributed by atoms with E-state index in [2.05, 4.69) is 10.5 Å². The molecule has 3 rings (SSSR count). The highest BCUT2D eigenvalue weighted by atomic mass is 32.2. The van der Waals surface area contributed by atoms with E-state index in [4.69, 9.17) is 9.47 Å². The Morgan fingerprint density at radius 2 is 2.00 bits per heavy atom. The van der Waals surface area contributed by atoms with Crippen LogP contribution in [0.2, 0.25) is 0 Å². The first-order chi connectivity index (χ1) is 14.4. The molecule has 30 heavy (non-hydrogen) atoms. The standard InChI is InChI=1S/C19H22N4O6S/c1-2-29-18-6-4-3-5-15(18)14-20-21-17-8-7-16(23(24)25)13-19(17)30(26,27)22-9-11-28-12-10-22/h3-8,13-14,21H,2,9-12H2,1H3/b20-14-. The lowest BCUT2D eigenvalue weighted by Gasteiger charge is -2.26. The van der Waals surface area contributed by atoms with Crippen molar-refractivity contribution in [2.75, 3.05) is 38.3 Å². The Morgan fingerprint density at radius 3 is 2.70 bits per heavy atom. The van der Waals surface area contributed by atoms with Crippen LogP contribution in [-0.4, -0.2) is 56.8 Å². The number of ether oxygens (including phenoxy) is 2. The number of para-hydroxylation sites is 1. The lowest BCUT2D eigenvalue weighted by Crippen LogP contribution is -2.40. The zero-order chi connectivity index (χ0) is 21.6. The molecule has 1 aliphatic heterocycles. The second kappa shape index (κ2) is 9.65. The van der Waals surface area contributed by atoms with Gasteiger partial charge in [-0.15, -0.1) is 0 Å². The summed E-state index contributed by atoms with van der Waals surface area (Å²) in [6, 6.07) is 10.9. The van der Waals surface area contributed by atoms with Gasteiger partial charge in [-0.2, -0.15) is 9.41 Å². The van der Waals surface area contributed by atoms with Crippen LogP contribution in [0.15, 0.2) is 52.5 Å². The smallest absolute Gasteiger partial charge is 0.270 e. The van der Waals surface area contributed by atoms with E-state index in [1.54, 1.807) is 12.1 Å². The first-order valence-corrected chi connectivity index (χ1v) is 10.7. The summed E-state index contributed by atoms with van der Waals surface area (Å²) in [6.07, 6.45) is 1.50. The van der Waals surface area contributed by atoms with E-state index < -0.39 is 14.9 Å². The number of benzene rings is 2. The molecule has 10 nitrogen and oxygen atoms in total. The van der Waals surface area contributed by atoms with E-state index in [0.717, 1.165) is 6.07 Å². The summed E-state index contributed by atoms with van der Waals surface area (Å²) >= 11 is 0. The van der Waals surface area contributed by atoms with Gasteiger partial charge in [0.1, 0.15) is 10.6 Å². The fourth-order valence-electron chi connectivity index (χ4n) is 2.90. The van der Waals surface area contributed by atoms with Gasteiger partial charge in [-0.05, 0) is 25.1 Å². The van der Waals surface area contributed by atoms with Gasteiger partial charge in [0.15, 0.2) is 0 Å². The number of nitrogens with one attached hydrogen (secondary N) is 1. The van der Waals surface area contributed by atoms with E-state index in [1.807, 2.05) is 19.1 Å². The number of hydrogen-bond donors (Lipinski definition) is 1. The van der Waals surface area contributed by atoms with Crippen molar-refractivity contribution in [2.45, 2.75) is 11.8 Å². The van der Waals surface area contributed by atoms with Crippen molar-refractivity contribution in [3.05, 3.63) is 58.1 Å². The Morgan fingerprint density at radius 1 is 1.27 bits per heavy atom. The monoisotopic (exact) mass is 434 g/mol. The molecule has 1 heterocycles. The maximum atomic E-state index is 13.1. The molecule has 1 N–H and O–H groups in total. The lowest BCUT2D eigenvalue weighted by atomic mass is 10.2. The van der Waals surface area contributed by atoms with Crippen molar-refractivity contribution in [3.63, 3.8) is 0 Å². The fourth-order valence-corrected chi connectivity index (χ4v) is 4.47. The number of non-ortho nitro benzene ring substituents is 1. The summed E-state index contributed by atoms with van der Waals surface area (Å²) < 4.78 is 38.2. The predicted octanol–water partition coefficient (Wildman–Crippen LogP) is 2.46. The number of sulfonamides is 1. The summed E-state index contributed by atoms with van der Waals surface area (Å²) in [6.45, 7) is 3.24. The minimum atomic E-state index is -3.97. The number of hydrogen-bond acceptors (Lipinski definition) is 8. The summed E-state index contributed by atoms with van der Waals surface area (Å²) in [7, 11) is -3.97. The average molecular weight is 434 g/mol. The van der Waals surface area contributed by atoms with Crippen LogP contribution < -0.4 is 10.2 Å². The molecule has 2 aromatic rings. The third-order valence-electron chi connectivity index (χ3n) is 4.37. The molecule has 0 bridgehead atoms. The van der Waals surface area contributed by atoms with Crippen LogP contribution in [0.25, 0.3) is 0 Å². The maximum absolute atomic E-state index is 13.1. The normalized spacial score (nSPS) is 15.2. The van der Waals surface area contributed by atoms with Gasteiger partial charge in [-0.3, -0.25) is 15.5 Å². The number of nitro groups is 1. The molecular formula is C19H22N4O6S. The molecule has 0 atom stereocenters. The molecule has 1 fully saturated rings. The molecule has 0 amide bonds. The average Bonchev–Trinajstić information content (AvgIpc) is 2.75. The van der Waals surface area contributed by atoms with E-state index >= 15 is 0 Å². The van der Waals surface area contributed by atoms with Crippen LogP contribution in [0.3, 0.4) is 0 Å². The Balaban J connectivity index is 1.92. The fraction of sp³-hybridized carbons (Fsp3) is 0.316. The number of nitro benzene ring substituents is 1. The van der Waals surface area contributed by atoms with Crippen LogP contribution >= 0.6 is 0 Å². The Hall–Kier alpha value is -3.02. The van der Waals surface area contributed by atoms with Gasteiger partial charge in [0, 0.05) is 30.8 Å². The largest absolute Gasteiger partial charge is 0.493 e. The molecule has 160 valence electrons. The Labute approximate surface area is 174 Å². The van der Waals surface area contributed by atoms with Gasteiger partial charge in [0.05, 0.1) is 36.6 Å². The van der Waals surface area contributed by atoms with E-state index in [1.165, 1.54) is 22.7 Å². The predicted molar refractivity (Wildman–Crippen MR) is 112 cm³/mol. The Bertz CT molecular complexity index is 1040. The number of anilines is 1. The minimum Gasteiger partial charge on any atom is -0.493 e. The molecule has 0 aliphatic carbocycles. The van der Waals surface area contributed by atoms with Crippen LogP contribution in [0.4, 0.5) is 11.4 Å². The molecular weight excluding hydrogens is 412 g/mol. The van der Waals surface area contributed by atoms with Gasteiger partial charge in [-0.1, -0.05) is 12.1 Å². The second-order valence-electron chi connectivity index (χ2n) is 6.29. The van der Waals surface area contributed by atoms with Crippen molar-refractivity contribution in [1.82, 2.24) is 4.31 Å². The third-order valence-corrected chi connectivity index (χ3v) is 6.31. The molecule has 2 aromatic carbocycles. The van der Waals surface area contributed by atoms with Crippen LogP contribution in [0.1, 0.15) is 12.5 Å². The molecule has 0 radical (unpaired) electrons. The number of hydrazone groups is 1. The first kappa shape index (κ1) is 21.7. The van der Waals surface area contributed by atoms with Crippen LogP contribution in [-0.2, 0) is 14.8 Å². The van der Waals surface area contributed by atoms with Gasteiger partial charge in [0.2, 0.25) is 10.0 Å². The topological polar surface area (TPSA) is 123 Å². The summed E-state index contributed by atoms with van der Waals surface area (Å²) in [5, 5.41) is 15.3. The Kier molecular flexibility index (Phi) is 6.98. The zero-order valence-electron chi connectivity index (χ0n) is 16.4. The van der Waals surface area contributed by atoms with Gasteiger partial charge in [-0.25, -0.2) is 8.42 Å². The highest BCUT2D eigenvalue weighted by Gasteiger charge is 2.30. The van der Waals surface area contributed by atoms with Crippen molar-refractivity contribution in [2.24, 2.45) is 5.10 Å². The van der Waals surface area contributed by atoms with Crippen molar-refractivity contribution >= 4 is 27.6 Å². The van der Waals surface area contributed by atoms with Crippen molar-refractivity contribution in [3.8, 4) is 5.75 Å². The summed E-state index contributed by atoms with van der Waals surface area (Å²) in [4.78, 5) is 10.3. The number of morpholine rings is 1. The highest BCUT2D eigenvalue weighted by molar-refractivity contribution is 7.89. The summed E-state index contributed by atoms with van der Waals surface area (Å²) in [5.74, 6) is 0.635. The molecule has 1 saturated heterocycles. The molecule has 11 heteroatoms. The van der Waals surface area contributed by atoms with E-state index in [-0.39, 0.29) is 42.6 Å². The first-order valence-electron chi connectivity index (χ1n) is 9.30. The number of nitrogens with zero attached hydrogens (tertiary/aromatic N) is 3. The van der Waals surface area contributed by atoms with Gasteiger partial charge >= 0.3 is 0 Å². The van der Waals surface area contributed by atoms with E-state index in [0.29, 0.717) is 17.9 Å². The van der Waals surface area contributed by atoms with Gasteiger partial charge < -0.3 is 9.47 Å². The van der Waals surface area contributed by atoms with Crippen LogP contribution in [0.5, 0.6) is 5.75 Å². The quantitative estimate of drug-likeness (QED) is 0.384. The molecule has 0 unspecified atom stereocenters. The van der Waals surface area contributed by atoms with Crippen molar-refractivity contribution in [1.29, 1.82) is 0 Å². The maximum Gasteiger partial charge on any atom is 0.270 e. The second-order valence-corrected chi connectivity index (χ2v) is 8.20. The zero-order valence-corrected chi connectivity index (χ0v) is 17.2. The molecule has 1 aliphatic rings. The third kappa shape index (κ3) is 4.93. The van der Waals surface area contributed by atoms with Crippen LogP contribution in [0, 0.1) is 10.1 Å². The summed E-state index contributed by atoms with van der Waals surface area (Å²) in [5.41, 5.74) is 3.21. The van der Waals surface area contributed by atoms with Gasteiger partial charge in [0.25, 0.3) is 5.69 Å².